The zero-order chi connectivity index (χ0) is 13.8. The Morgan fingerprint density at radius 1 is 1.15 bits per heavy atom. The second-order valence-electron chi connectivity index (χ2n) is 5.41. The van der Waals surface area contributed by atoms with E-state index in [1.165, 1.54) is 24.8 Å². The first-order valence-electron chi connectivity index (χ1n) is 7.26. The van der Waals surface area contributed by atoms with Crippen LogP contribution in [0.2, 0.25) is 0 Å². The van der Waals surface area contributed by atoms with E-state index in [0.29, 0.717) is 18.2 Å². The van der Waals surface area contributed by atoms with Crippen molar-refractivity contribution in [1.82, 2.24) is 15.0 Å². The topological polar surface area (TPSA) is 54.5 Å². The van der Waals surface area contributed by atoms with Crippen LogP contribution in [0, 0.1) is 11.3 Å². The van der Waals surface area contributed by atoms with Gasteiger partial charge in [0.15, 0.2) is 5.69 Å². The second kappa shape index (κ2) is 5.87. The maximum absolute atomic E-state index is 9.26. The van der Waals surface area contributed by atoms with Gasteiger partial charge in [0.2, 0.25) is 0 Å². The number of hydrogen-bond donors (Lipinski definition) is 0. The Labute approximate surface area is 119 Å². The molecular weight excluding hydrogens is 248 g/mol. The lowest BCUT2D eigenvalue weighted by molar-refractivity contribution is 0.419. The Kier molecular flexibility index (Phi) is 3.78. The van der Waals surface area contributed by atoms with Gasteiger partial charge in [-0.3, -0.25) is 0 Å². The number of nitrogens with zero attached hydrogens (tertiary/aromatic N) is 4. The van der Waals surface area contributed by atoms with Crippen LogP contribution in [0.1, 0.15) is 55.0 Å². The average molecular weight is 266 g/mol. The Balaban J connectivity index is 1.91. The molecule has 2 aromatic rings. The van der Waals surface area contributed by atoms with E-state index in [2.05, 4.69) is 28.5 Å². The molecule has 0 radical (unpaired) electrons. The monoisotopic (exact) mass is 266 g/mol. The van der Waals surface area contributed by atoms with Crippen molar-refractivity contribution in [3.63, 3.8) is 0 Å². The van der Waals surface area contributed by atoms with Crippen LogP contribution in [-0.2, 0) is 6.54 Å². The molecule has 4 nitrogen and oxygen atoms in total. The van der Waals surface area contributed by atoms with E-state index < -0.39 is 0 Å². The maximum atomic E-state index is 9.26. The largest absolute Gasteiger partial charge is 0.243 e. The van der Waals surface area contributed by atoms with Crippen molar-refractivity contribution in [1.29, 1.82) is 5.26 Å². The molecule has 1 saturated carbocycles. The molecule has 0 saturated heterocycles. The van der Waals surface area contributed by atoms with Crippen LogP contribution >= 0.6 is 0 Å². The molecule has 0 spiro atoms. The Morgan fingerprint density at radius 2 is 1.90 bits per heavy atom. The van der Waals surface area contributed by atoms with Gasteiger partial charge >= 0.3 is 0 Å². The zero-order valence-electron chi connectivity index (χ0n) is 11.5. The van der Waals surface area contributed by atoms with Crippen molar-refractivity contribution < 1.29 is 0 Å². The quantitative estimate of drug-likeness (QED) is 0.857. The maximum Gasteiger partial charge on any atom is 0.186 e. The fourth-order valence-electron chi connectivity index (χ4n) is 3.05. The van der Waals surface area contributed by atoms with Crippen molar-refractivity contribution in [3.05, 3.63) is 47.3 Å². The number of benzene rings is 1. The van der Waals surface area contributed by atoms with Crippen molar-refractivity contribution in [2.24, 2.45) is 0 Å². The molecule has 0 amide bonds. The molecule has 1 aromatic heterocycles. The van der Waals surface area contributed by atoms with E-state index in [1.54, 1.807) is 0 Å². The van der Waals surface area contributed by atoms with Gasteiger partial charge < -0.3 is 0 Å². The smallest absolute Gasteiger partial charge is 0.186 e. The lowest BCUT2D eigenvalue weighted by Crippen LogP contribution is -2.14. The third kappa shape index (κ3) is 2.57. The van der Waals surface area contributed by atoms with Crippen LogP contribution in [0.4, 0.5) is 0 Å². The first kappa shape index (κ1) is 12.9. The number of nitriles is 1. The number of rotatable bonds is 3. The van der Waals surface area contributed by atoms with Gasteiger partial charge in [0.1, 0.15) is 6.07 Å². The third-order valence-corrected chi connectivity index (χ3v) is 4.05. The van der Waals surface area contributed by atoms with Gasteiger partial charge in [-0.2, -0.15) is 5.26 Å². The number of hydrogen-bond acceptors (Lipinski definition) is 3. The van der Waals surface area contributed by atoms with E-state index in [9.17, 15) is 5.26 Å². The van der Waals surface area contributed by atoms with E-state index in [0.717, 1.165) is 18.5 Å². The van der Waals surface area contributed by atoms with E-state index in [-0.39, 0.29) is 0 Å². The van der Waals surface area contributed by atoms with Gasteiger partial charge in [0, 0.05) is 5.92 Å². The first-order valence-corrected chi connectivity index (χ1v) is 7.26. The minimum Gasteiger partial charge on any atom is -0.243 e. The Morgan fingerprint density at radius 3 is 2.60 bits per heavy atom. The van der Waals surface area contributed by atoms with E-state index in [4.69, 9.17) is 0 Å². The zero-order valence-corrected chi connectivity index (χ0v) is 11.5. The van der Waals surface area contributed by atoms with E-state index >= 15 is 0 Å². The summed E-state index contributed by atoms with van der Waals surface area (Å²) in [6.45, 7) is 0.696. The standard InChI is InChI=1S/C16H18N4/c17-11-15-16(14-9-5-2-6-10-14)20(19-18-15)12-13-7-3-1-4-8-13/h1,3-4,7-8,14H,2,5-6,9-10,12H2. The summed E-state index contributed by atoms with van der Waals surface area (Å²) >= 11 is 0. The third-order valence-electron chi connectivity index (χ3n) is 4.05. The molecule has 20 heavy (non-hydrogen) atoms. The molecule has 0 atom stereocenters. The van der Waals surface area contributed by atoms with Crippen LogP contribution in [0.15, 0.2) is 30.3 Å². The molecular formula is C16H18N4. The molecule has 0 bridgehead atoms. The predicted octanol–water partition coefficient (Wildman–Crippen LogP) is 3.25. The van der Waals surface area contributed by atoms with E-state index in [1.807, 2.05) is 22.9 Å². The Hall–Kier alpha value is -2.15. The second-order valence-corrected chi connectivity index (χ2v) is 5.41. The average Bonchev–Trinajstić information content (AvgIpc) is 2.92. The summed E-state index contributed by atoms with van der Waals surface area (Å²) in [6.07, 6.45) is 6.09. The van der Waals surface area contributed by atoms with Crippen molar-refractivity contribution in [2.75, 3.05) is 0 Å². The predicted molar refractivity (Wildman–Crippen MR) is 76.1 cm³/mol. The normalized spacial score (nSPS) is 15.9. The minimum absolute atomic E-state index is 0.442. The van der Waals surface area contributed by atoms with Gasteiger partial charge in [0.05, 0.1) is 12.2 Å². The summed E-state index contributed by atoms with van der Waals surface area (Å²) < 4.78 is 1.92. The van der Waals surface area contributed by atoms with Gasteiger partial charge in [-0.15, -0.1) is 5.10 Å². The van der Waals surface area contributed by atoms with Gasteiger partial charge in [-0.25, -0.2) is 4.68 Å². The van der Waals surface area contributed by atoms with Crippen LogP contribution in [-0.4, -0.2) is 15.0 Å². The Bertz CT molecular complexity index is 603. The summed E-state index contributed by atoms with van der Waals surface area (Å²) in [5, 5.41) is 17.5. The molecule has 4 heteroatoms. The molecule has 1 heterocycles. The van der Waals surface area contributed by atoms with Gasteiger partial charge in [0.25, 0.3) is 0 Å². The van der Waals surface area contributed by atoms with Crippen LogP contribution < -0.4 is 0 Å². The van der Waals surface area contributed by atoms with Crippen molar-refractivity contribution in [3.8, 4) is 6.07 Å². The van der Waals surface area contributed by atoms with Crippen molar-refractivity contribution in [2.45, 2.75) is 44.6 Å². The molecule has 0 unspecified atom stereocenters. The van der Waals surface area contributed by atoms with Crippen LogP contribution in [0.3, 0.4) is 0 Å². The summed E-state index contributed by atoms with van der Waals surface area (Å²) in [5.41, 5.74) is 2.74. The van der Waals surface area contributed by atoms with Crippen LogP contribution in [0.25, 0.3) is 0 Å². The highest BCUT2D eigenvalue weighted by molar-refractivity contribution is 5.29. The van der Waals surface area contributed by atoms with Crippen molar-refractivity contribution >= 4 is 0 Å². The molecule has 1 fully saturated rings. The highest BCUT2D eigenvalue weighted by Gasteiger charge is 2.24. The molecule has 0 aliphatic heterocycles. The molecule has 1 aliphatic rings. The first-order chi connectivity index (χ1) is 9.88. The highest BCUT2D eigenvalue weighted by Crippen LogP contribution is 2.33. The molecule has 102 valence electrons. The summed E-state index contributed by atoms with van der Waals surface area (Å²) in [5.74, 6) is 0.442. The van der Waals surface area contributed by atoms with Crippen LogP contribution in [0.5, 0.6) is 0 Å². The fraction of sp³-hybridized carbons (Fsp3) is 0.438. The van der Waals surface area contributed by atoms with Gasteiger partial charge in [-0.05, 0) is 18.4 Å². The minimum atomic E-state index is 0.442. The lowest BCUT2D eigenvalue weighted by Gasteiger charge is -2.22. The lowest BCUT2D eigenvalue weighted by atomic mass is 9.86. The molecule has 3 rings (SSSR count). The SMILES string of the molecule is N#Cc1nnn(Cc2ccccc2)c1C1CCCCC1. The highest BCUT2D eigenvalue weighted by atomic mass is 15.4. The summed E-state index contributed by atoms with van der Waals surface area (Å²) in [4.78, 5) is 0. The molecule has 1 aliphatic carbocycles. The molecule has 1 aromatic carbocycles. The summed E-state index contributed by atoms with van der Waals surface area (Å²) in [6, 6.07) is 12.4. The fourth-order valence-corrected chi connectivity index (χ4v) is 3.05. The summed E-state index contributed by atoms with van der Waals surface area (Å²) in [7, 11) is 0. The molecule has 0 N–H and O–H groups in total. The van der Waals surface area contributed by atoms with Gasteiger partial charge in [-0.1, -0.05) is 54.8 Å². The number of aromatic nitrogens is 3.